The minimum absolute atomic E-state index is 0.0805. The summed E-state index contributed by atoms with van der Waals surface area (Å²) in [5.41, 5.74) is 0.896. The number of benzene rings is 1. The first-order valence-corrected chi connectivity index (χ1v) is 8.76. The Kier molecular flexibility index (Phi) is 5.48. The molecule has 0 saturated carbocycles. The standard InChI is InChI=1S/C19H23N3O3/c1-2-3-12-25-19(24)15-6-4-5-7-16(15)21-18(23)14-8-10-22-11-9-20-17(22)13-14/h4-7,9,11,14H,2-3,8,10,12-13H2,1H3,(H,21,23). The first-order chi connectivity index (χ1) is 12.2. The maximum absolute atomic E-state index is 12.6. The summed E-state index contributed by atoms with van der Waals surface area (Å²) in [6.07, 6.45) is 6.86. The van der Waals surface area contributed by atoms with Crippen LogP contribution in [0.3, 0.4) is 0 Å². The van der Waals surface area contributed by atoms with Crippen LogP contribution in [0.25, 0.3) is 0 Å². The minimum atomic E-state index is -0.400. The molecule has 25 heavy (non-hydrogen) atoms. The van der Waals surface area contributed by atoms with Crippen LogP contribution < -0.4 is 5.32 Å². The average molecular weight is 341 g/mol. The molecule has 2 aromatic rings. The van der Waals surface area contributed by atoms with Gasteiger partial charge in [-0.2, -0.15) is 0 Å². The lowest BCUT2D eigenvalue weighted by atomic mass is 9.96. The molecular formula is C19H23N3O3. The quantitative estimate of drug-likeness (QED) is 0.647. The van der Waals surface area contributed by atoms with Gasteiger partial charge in [-0.25, -0.2) is 9.78 Å². The molecule has 0 aliphatic carbocycles. The zero-order valence-electron chi connectivity index (χ0n) is 14.4. The molecule has 0 fully saturated rings. The lowest BCUT2D eigenvalue weighted by molar-refractivity contribution is -0.120. The van der Waals surface area contributed by atoms with Crippen molar-refractivity contribution >= 4 is 17.6 Å². The molecule has 0 spiro atoms. The third-order valence-corrected chi connectivity index (χ3v) is 4.46. The number of nitrogens with one attached hydrogen (secondary N) is 1. The molecule has 0 bridgehead atoms. The molecule has 2 heterocycles. The number of fused-ring (bicyclic) bond motifs is 1. The molecule has 1 unspecified atom stereocenters. The van der Waals surface area contributed by atoms with E-state index in [9.17, 15) is 9.59 Å². The number of carbonyl (C=O) groups excluding carboxylic acids is 2. The van der Waals surface area contributed by atoms with Crippen molar-refractivity contribution in [2.24, 2.45) is 5.92 Å². The number of rotatable bonds is 6. The van der Waals surface area contributed by atoms with Crippen LogP contribution >= 0.6 is 0 Å². The predicted octanol–water partition coefficient (Wildman–Crippen LogP) is 3.04. The van der Waals surface area contributed by atoms with Crippen LogP contribution in [0, 0.1) is 5.92 Å². The normalized spacial score (nSPS) is 16.1. The molecule has 1 amide bonds. The van der Waals surface area contributed by atoms with Gasteiger partial charge < -0.3 is 14.6 Å². The molecular weight excluding hydrogens is 318 g/mol. The van der Waals surface area contributed by atoms with Gasteiger partial charge in [0.1, 0.15) is 5.82 Å². The van der Waals surface area contributed by atoms with Crippen molar-refractivity contribution in [3.63, 3.8) is 0 Å². The Bertz CT molecular complexity index is 754. The van der Waals surface area contributed by atoms with Crippen LogP contribution in [-0.4, -0.2) is 28.0 Å². The summed E-state index contributed by atoms with van der Waals surface area (Å²) in [6.45, 7) is 3.22. The zero-order chi connectivity index (χ0) is 17.6. The van der Waals surface area contributed by atoms with E-state index in [0.29, 0.717) is 24.3 Å². The number of hydrogen-bond acceptors (Lipinski definition) is 4. The van der Waals surface area contributed by atoms with Gasteiger partial charge in [0.2, 0.25) is 5.91 Å². The second kappa shape index (κ2) is 7.96. The van der Waals surface area contributed by atoms with Crippen LogP contribution in [0.2, 0.25) is 0 Å². The topological polar surface area (TPSA) is 73.2 Å². The zero-order valence-corrected chi connectivity index (χ0v) is 14.4. The summed E-state index contributed by atoms with van der Waals surface area (Å²) in [5, 5.41) is 2.90. The summed E-state index contributed by atoms with van der Waals surface area (Å²) in [6, 6.07) is 6.98. The largest absolute Gasteiger partial charge is 0.462 e. The summed E-state index contributed by atoms with van der Waals surface area (Å²) < 4.78 is 7.34. The van der Waals surface area contributed by atoms with Crippen LogP contribution in [0.5, 0.6) is 0 Å². The lowest BCUT2D eigenvalue weighted by Gasteiger charge is -2.23. The number of ether oxygens (including phenoxy) is 1. The summed E-state index contributed by atoms with van der Waals surface area (Å²) in [7, 11) is 0. The van der Waals surface area contributed by atoms with E-state index in [1.807, 2.05) is 13.1 Å². The van der Waals surface area contributed by atoms with Gasteiger partial charge in [0, 0.05) is 31.3 Å². The van der Waals surface area contributed by atoms with Crippen molar-refractivity contribution < 1.29 is 14.3 Å². The number of unbranched alkanes of at least 4 members (excludes halogenated alkanes) is 1. The lowest BCUT2D eigenvalue weighted by Crippen LogP contribution is -2.30. The first kappa shape index (κ1) is 17.2. The second-order valence-corrected chi connectivity index (χ2v) is 6.25. The molecule has 1 N–H and O–H groups in total. The van der Waals surface area contributed by atoms with E-state index in [1.165, 1.54) is 0 Å². The van der Waals surface area contributed by atoms with Crippen LogP contribution in [0.15, 0.2) is 36.7 Å². The van der Waals surface area contributed by atoms with Crippen LogP contribution in [0.1, 0.15) is 42.4 Å². The molecule has 0 radical (unpaired) electrons. The number of nitrogens with zero attached hydrogens (tertiary/aromatic N) is 2. The molecule has 6 heteroatoms. The van der Waals surface area contributed by atoms with Gasteiger partial charge in [0.25, 0.3) is 0 Å². The molecule has 1 aromatic heterocycles. The number of aryl methyl sites for hydroxylation is 1. The average Bonchev–Trinajstić information content (AvgIpc) is 3.10. The van der Waals surface area contributed by atoms with Crippen molar-refractivity contribution in [3.8, 4) is 0 Å². The van der Waals surface area contributed by atoms with Gasteiger partial charge in [-0.15, -0.1) is 0 Å². The molecule has 6 nitrogen and oxygen atoms in total. The molecule has 1 aromatic carbocycles. The number of anilines is 1. The summed E-state index contributed by atoms with van der Waals surface area (Å²) in [4.78, 5) is 29.2. The number of amides is 1. The Morgan fingerprint density at radius 1 is 1.36 bits per heavy atom. The second-order valence-electron chi connectivity index (χ2n) is 6.25. The number of aromatic nitrogens is 2. The number of carbonyl (C=O) groups is 2. The highest BCUT2D eigenvalue weighted by Crippen LogP contribution is 2.23. The Hall–Kier alpha value is -2.63. The van der Waals surface area contributed by atoms with Crippen LogP contribution in [-0.2, 0) is 22.5 Å². The van der Waals surface area contributed by atoms with Gasteiger partial charge in [-0.05, 0) is 25.0 Å². The van der Waals surface area contributed by atoms with Gasteiger partial charge in [-0.1, -0.05) is 25.5 Å². The van der Waals surface area contributed by atoms with E-state index in [-0.39, 0.29) is 11.8 Å². The van der Waals surface area contributed by atoms with E-state index in [2.05, 4.69) is 14.9 Å². The van der Waals surface area contributed by atoms with E-state index in [1.54, 1.807) is 30.5 Å². The number of esters is 1. The Morgan fingerprint density at radius 3 is 3.04 bits per heavy atom. The molecule has 1 aliphatic heterocycles. The fourth-order valence-corrected chi connectivity index (χ4v) is 2.97. The van der Waals surface area contributed by atoms with Gasteiger partial charge in [-0.3, -0.25) is 4.79 Å². The summed E-state index contributed by atoms with van der Waals surface area (Å²) in [5.74, 6) is 0.310. The summed E-state index contributed by atoms with van der Waals surface area (Å²) >= 11 is 0. The molecule has 3 rings (SSSR count). The molecule has 132 valence electrons. The molecule has 0 saturated heterocycles. The van der Waals surface area contributed by atoms with Crippen molar-refractivity contribution in [1.82, 2.24) is 9.55 Å². The van der Waals surface area contributed by atoms with Crippen molar-refractivity contribution in [1.29, 1.82) is 0 Å². The molecule has 1 aliphatic rings. The van der Waals surface area contributed by atoms with Gasteiger partial charge >= 0.3 is 5.97 Å². The number of imidazole rings is 1. The Morgan fingerprint density at radius 2 is 2.20 bits per heavy atom. The van der Waals surface area contributed by atoms with Gasteiger partial charge in [0.15, 0.2) is 0 Å². The predicted molar refractivity (Wildman–Crippen MR) is 94.3 cm³/mol. The third-order valence-electron chi connectivity index (χ3n) is 4.46. The van der Waals surface area contributed by atoms with E-state index < -0.39 is 5.97 Å². The van der Waals surface area contributed by atoms with Crippen LogP contribution in [0.4, 0.5) is 5.69 Å². The minimum Gasteiger partial charge on any atom is -0.462 e. The highest BCUT2D eigenvalue weighted by atomic mass is 16.5. The smallest absolute Gasteiger partial charge is 0.340 e. The van der Waals surface area contributed by atoms with Crippen molar-refractivity contribution in [2.75, 3.05) is 11.9 Å². The van der Waals surface area contributed by atoms with Crippen molar-refractivity contribution in [2.45, 2.75) is 39.2 Å². The Balaban J connectivity index is 1.66. The third kappa shape index (κ3) is 4.07. The fourth-order valence-electron chi connectivity index (χ4n) is 2.97. The Labute approximate surface area is 147 Å². The first-order valence-electron chi connectivity index (χ1n) is 8.76. The van der Waals surface area contributed by atoms with E-state index in [0.717, 1.165) is 31.6 Å². The number of hydrogen-bond donors (Lipinski definition) is 1. The highest BCUT2D eigenvalue weighted by Gasteiger charge is 2.26. The van der Waals surface area contributed by atoms with E-state index >= 15 is 0 Å². The fraction of sp³-hybridized carbons (Fsp3) is 0.421. The SMILES string of the molecule is CCCCOC(=O)c1ccccc1NC(=O)C1CCn2ccnc2C1. The van der Waals surface area contributed by atoms with E-state index in [4.69, 9.17) is 4.74 Å². The number of para-hydroxylation sites is 1. The monoisotopic (exact) mass is 341 g/mol. The maximum Gasteiger partial charge on any atom is 0.340 e. The van der Waals surface area contributed by atoms with Crippen molar-refractivity contribution in [3.05, 3.63) is 48.0 Å². The maximum atomic E-state index is 12.6. The van der Waals surface area contributed by atoms with Gasteiger partial charge in [0.05, 0.1) is 17.9 Å². The highest BCUT2D eigenvalue weighted by molar-refractivity contribution is 6.01. The molecule has 1 atom stereocenters.